The van der Waals surface area contributed by atoms with Crippen LogP contribution in [0.25, 0.3) is 10.2 Å². The lowest BCUT2D eigenvalue weighted by atomic mass is 9.59. The zero-order chi connectivity index (χ0) is 16.9. The molecule has 1 saturated heterocycles. The first-order chi connectivity index (χ1) is 11.6. The molecule has 0 saturated carbocycles. The maximum atomic E-state index is 6.23. The summed E-state index contributed by atoms with van der Waals surface area (Å²) in [5, 5.41) is 1.07. The highest BCUT2D eigenvalue weighted by atomic mass is 32.1. The van der Waals surface area contributed by atoms with Crippen molar-refractivity contribution in [3.05, 3.63) is 23.2 Å². The molecule has 0 aliphatic carbocycles. The Hall–Kier alpha value is -1.19. The van der Waals surface area contributed by atoms with E-state index in [-0.39, 0.29) is 6.04 Å². The second-order valence-corrected chi connectivity index (χ2v) is 7.50. The van der Waals surface area contributed by atoms with E-state index in [1.165, 1.54) is 4.70 Å². The van der Waals surface area contributed by atoms with Crippen molar-refractivity contribution in [2.75, 3.05) is 33.0 Å². The van der Waals surface area contributed by atoms with Gasteiger partial charge in [0, 0.05) is 12.6 Å². The molecule has 0 spiro atoms. The van der Waals surface area contributed by atoms with Crippen molar-refractivity contribution in [2.24, 2.45) is 11.5 Å². The first-order valence-electron chi connectivity index (χ1n) is 8.43. The predicted octanol–water partition coefficient (Wildman–Crippen LogP) is 1.55. The molecule has 1 aliphatic rings. The van der Waals surface area contributed by atoms with Gasteiger partial charge < -0.3 is 25.8 Å². The Bertz CT molecular complexity index is 661. The highest BCUT2D eigenvalue weighted by molar-refractivity contribution is 7.18. The minimum atomic E-state index is -0.00940. The second kappa shape index (κ2) is 8.27. The Morgan fingerprint density at radius 3 is 2.92 bits per heavy atom. The number of fused-ring (bicyclic) bond motifs is 1. The lowest BCUT2D eigenvalue weighted by Crippen LogP contribution is -2.46. The molecular formula is C16H25BN4O2S. The summed E-state index contributed by atoms with van der Waals surface area (Å²) in [5.41, 5.74) is 12.7. The molecule has 1 fully saturated rings. The molecule has 1 unspecified atom stereocenters. The third-order valence-electron chi connectivity index (χ3n) is 4.29. The Labute approximate surface area is 147 Å². The van der Waals surface area contributed by atoms with Crippen LogP contribution in [0.1, 0.15) is 5.01 Å². The van der Waals surface area contributed by atoms with Crippen molar-refractivity contribution in [2.45, 2.75) is 25.6 Å². The van der Waals surface area contributed by atoms with Crippen LogP contribution in [0, 0.1) is 6.92 Å². The molecule has 130 valence electrons. The fourth-order valence-corrected chi connectivity index (χ4v) is 3.90. The molecule has 0 amide bonds. The zero-order valence-corrected chi connectivity index (χ0v) is 14.9. The first-order valence-corrected chi connectivity index (χ1v) is 9.25. The number of hydrogen-bond donors (Lipinski definition) is 2. The van der Waals surface area contributed by atoms with E-state index in [1.807, 2.05) is 19.1 Å². The van der Waals surface area contributed by atoms with Gasteiger partial charge in [0.1, 0.15) is 12.4 Å². The van der Waals surface area contributed by atoms with E-state index in [0.717, 1.165) is 48.5 Å². The number of aromatic nitrogens is 1. The average molecular weight is 348 g/mol. The molecule has 1 aliphatic heterocycles. The van der Waals surface area contributed by atoms with Crippen LogP contribution >= 0.6 is 11.3 Å². The molecular weight excluding hydrogens is 323 g/mol. The van der Waals surface area contributed by atoms with Crippen LogP contribution in [0.2, 0.25) is 12.6 Å². The topological polar surface area (TPSA) is 86.6 Å². The fraction of sp³-hybridized carbons (Fsp3) is 0.562. The fourth-order valence-electron chi connectivity index (χ4n) is 3.09. The molecule has 1 aromatic heterocycles. The van der Waals surface area contributed by atoms with Crippen LogP contribution in [-0.2, 0) is 4.65 Å². The number of nitrogens with two attached hydrogens (primary N) is 2. The van der Waals surface area contributed by atoms with E-state index in [1.54, 1.807) is 11.3 Å². The highest BCUT2D eigenvalue weighted by Gasteiger charge is 2.24. The van der Waals surface area contributed by atoms with Gasteiger partial charge in [-0.2, -0.15) is 0 Å². The van der Waals surface area contributed by atoms with Crippen molar-refractivity contribution in [3.8, 4) is 5.75 Å². The Morgan fingerprint density at radius 1 is 1.38 bits per heavy atom. The van der Waals surface area contributed by atoms with E-state index < -0.39 is 0 Å². The molecule has 3 rings (SSSR count). The van der Waals surface area contributed by atoms with Gasteiger partial charge in [0.15, 0.2) is 0 Å². The third kappa shape index (κ3) is 4.67. The van der Waals surface area contributed by atoms with E-state index in [4.69, 9.17) is 20.9 Å². The van der Waals surface area contributed by atoms with Gasteiger partial charge in [-0.3, -0.25) is 0 Å². The van der Waals surface area contributed by atoms with Crippen molar-refractivity contribution in [1.29, 1.82) is 0 Å². The Kier molecular flexibility index (Phi) is 6.07. The number of thiazole rings is 1. The predicted molar refractivity (Wildman–Crippen MR) is 99.8 cm³/mol. The summed E-state index contributed by atoms with van der Waals surface area (Å²) < 4.78 is 12.5. The van der Waals surface area contributed by atoms with Gasteiger partial charge in [0.05, 0.1) is 28.0 Å². The van der Waals surface area contributed by atoms with Gasteiger partial charge in [-0.05, 0) is 44.8 Å². The average Bonchev–Trinajstić information content (AvgIpc) is 2.94. The van der Waals surface area contributed by atoms with E-state index in [0.29, 0.717) is 20.3 Å². The van der Waals surface area contributed by atoms with Crippen molar-refractivity contribution in [3.63, 3.8) is 0 Å². The zero-order valence-electron chi connectivity index (χ0n) is 14.1. The smallest absolute Gasteiger partial charge is 0.297 e. The molecule has 8 heteroatoms. The molecule has 6 nitrogen and oxygen atoms in total. The highest BCUT2D eigenvalue weighted by Crippen LogP contribution is 2.25. The van der Waals surface area contributed by atoms with Crippen molar-refractivity contribution < 1.29 is 9.39 Å². The lowest BCUT2D eigenvalue weighted by molar-refractivity contribution is 0.211. The summed E-state index contributed by atoms with van der Waals surface area (Å²) in [4.78, 5) is 6.87. The summed E-state index contributed by atoms with van der Waals surface area (Å²) in [7, 11) is 0. The monoisotopic (exact) mass is 348 g/mol. The molecule has 1 atom stereocenters. The van der Waals surface area contributed by atoms with Crippen LogP contribution in [0.15, 0.2) is 18.2 Å². The summed E-state index contributed by atoms with van der Waals surface area (Å²) >= 11 is 1.70. The van der Waals surface area contributed by atoms with Crippen LogP contribution in [0.4, 0.5) is 0 Å². The molecule has 0 bridgehead atoms. The van der Waals surface area contributed by atoms with Crippen LogP contribution in [0.5, 0.6) is 5.75 Å². The Morgan fingerprint density at radius 2 is 2.17 bits per heavy atom. The summed E-state index contributed by atoms with van der Waals surface area (Å²) in [5.74, 6) is 0.832. The number of hydrogen-bond acceptors (Lipinski definition) is 7. The van der Waals surface area contributed by atoms with Gasteiger partial charge in [0.25, 0.3) is 6.92 Å². The molecule has 2 heterocycles. The minimum absolute atomic E-state index is 0.00940. The largest absolute Gasteiger partial charge is 0.492 e. The summed E-state index contributed by atoms with van der Waals surface area (Å²) in [6.07, 6.45) is 2.04. The van der Waals surface area contributed by atoms with E-state index in [9.17, 15) is 0 Å². The van der Waals surface area contributed by atoms with Crippen LogP contribution in [-0.4, -0.2) is 55.8 Å². The normalized spacial score (nSPS) is 17.4. The number of nitrogens with zero attached hydrogens (tertiary/aromatic N) is 2. The Balaban J connectivity index is 1.44. The molecule has 2 aromatic rings. The third-order valence-corrected chi connectivity index (χ3v) is 5.24. The quantitative estimate of drug-likeness (QED) is 0.583. The number of rotatable bonds is 7. The molecule has 1 aromatic carbocycles. The molecule has 0 radical (unpaired) electrons. The van der Waals surface area contributed by atoms with Gasteiger partial charge in [-0.15, -0.1) is 11.3 Å². The molecule has 24 heavy (non-hydrogen) atoms. The van der Waals surface area contributed by atoms with Crippen LogP contribution < -0.4 is 16.2 Å². The SMILES string of the molecule is Cc1nc2cc(OCC(N)CN3CCB(OCN)CC3)ccc2s1. The van der Waals surface area contributed by atoms with Gasteiger partial charge in [-0.25, -0.2) is 4.98 Å². The van der Waals surface area contributed by atoms with Gasteiger partial charge in [0.2, 0.25) is 0 Å². The number of ether oxygens (including phenoxy) is 1. The minimum Gasteiger partial charge on any atom is -0.492 e. The van der Waals surface area contributed by atoms with Gasteiger partial charge >= 0.3 is 0 Å². The standard InChI is InChI=1S/C16H25BN4O2S/c1-12-20-15-8-14(2-3-16(15)24-12)22-10-13(19)9-21-6-4-17(5-7-21)23-11-18/h2-3,8,13H,4-7,9-11,18-19H2,1H3. The van der Waals surface area contributed by atoms with Gasteiger partial charge in [-0.1, -0.05) is 0 Å². The lowest BCUT2D eigenvalue weighted by Gasteiger charge is -2.31. The second-order valence-electron chi connectivity index (χ2n) is 6.27. The van der Waals surface area contributed by atoms with Crippen molar-refractivity contribution in [1.82, 2.24) is 9.88 Å². The van der Waals surface area contributed by atoms with E-state index in [2.05, 4.69) is 16.0 Å². The van der Waals surface area contributed by atoms with E-state index >= 15 is 0 Å². The van der Waals surface area contributed by atoms with Crippen molar-refractivity contribution >= 4 is 28.5 Å². The summed E-state index contributed by atoms with van der Waals surface area (Å²) in [6, 6.07) is 6.02. The maximum absolute atomic E-state index is 6.23. The molecule has 4 N–H and O–H groups in total. The van der Waals surface area contributed by atoms with Crippen LogP contribution in [0.3, 0.4) is 0 Å². The number of benzene rings is 1. The maximum Gasteiger partial charge on any atom is 0.297 e. The first kappa shape index (κ1) is 17.6. The number of aryl methyl sites for hydroxylation is 1. The summed E-state index contributed by atoms with van der Waals surface area (Å²) in [6.45, 7) is 5.97.